The number of hydrogen-bond acceptors (Lipinski definition) is 6. The number of thioether (sulfide) groups is 1. The number of rotatable bonds is 7. The predicted octanol–water partition coefficient (Wildman–Crippen LogP) is 1.88. The quantitative estimate of drug-likeness (QED) is 0.559. The third-order valence-electron chi connectivity index (χ3n) is 3.46. The highest BCUT2D eigenvalue weighted by Crippen LogP contribution is 2.18. The summed E-state index contributed by atoms with van der Waals surface area (Å²) in [6, 6.07) is 14.9. The van der Waals surface area contributed by atoms with Crippen molar-refractivity contribution in [3.63, 3.8) is 0 Å². The van der Waals surface area contributed by atoms with Crippen LogP contribution >= 0.6 is 11.8 Å². The van der Waals surface area contributed by atoms with Crippen molar-refractivity contribution in [3.8, 4) is 11.4 Å². The number of aliphatic hydroxyl groups is 1. The summed E-state index contributed by atoms with van der Waals surface area (Å²) in [5.41, 5.74) is 2.39. The zero-order valence-corrected chi connectivity index (χ0v) is 14.2. The second-order valence-corrected chi connectivity index (χ2v) is 6.38. The zero-order chi connectivity index (χ0) is 17.5. The van der Waals surface area contributed by atoms with E-state index in [1.54, 1.807) is 23.9 Å². The van der Waals surface area contributed by atoms with E-state index >= 15 is 0 Å². The molecule has 128 valence electrons. The fourth-order valence-corrected chi connectivity index (χ4v) is 2.91. The summed E-state index contributed by atoms with van der Waals surface area (Å²) < 4.78 is 0. The average Bonchev–Trinajstić information content (AvgIpc) is 3.20. The number of carbonyl (C=O) groups excluding carboxylic acids is 1. The van der Waals surface area contributed by atoms with E-state index in [9.17, 15) is 4.79 Å². The molecule has 0 fully saturated rings. The van der Waals surface area contributed by atoms with Crippen LogP contribution < -0.4 is 5.32 Å². The van der Waals surface area contributed by atoms with Gasteiger partial charge in [0.15, 0.2) is 0 Å². The standard InChI is InChI=1S/C17H17N5O2S/c23-8-9-25-15-6-4-13(5-7-15)17(24)18-11-12-2-1-3-14(10-12)16-19-21-22-20-16/h1-7,10,23H,8-9,11H2,(H,18,24)(H,19,20,21,22). The minimum Gasteiger partial charge on any atom is -0.396 e. The Hall–Kier alpha value is -2.71. The molecule has 3 aromatic rings. The van der Waals surface area contributed by atoms with Crippen molar-refractivity contribution in [1.82, 2.24) is 25.9 Å². The Morgan fingerprint density at radius 3 is 2.76 bits per heavy atom. The lowest BCUT2D eigenvalue weighted by molar-refractivity contribution is 0.0951. The van der Waals surface area contributed by atoms with Crippen LogP contribution in [0, 0.1) is 0 Å². The molecule has 0 unspecified atom stereocenters. The summed E-state index contributed by atoms with van der Waals surface area (Å²) in [6.07, 6.45) is 0. The number of aromatic amines is 1. The number of tetrazole rings is 1. The van der Waals surface area contributed by atoms with E-state index in [0.29, 0.717) is 23.7 Å². The van der Waals surface area contributed by atoms with E-state index in [1.165, 1.54) is 0 Å². The molecule has 25 heavy (non-hydrogen) atoms. The summed E-state index contributed by atoms with van der Waals surface area (Å²) in [7, 11) is 0. The van der Waals surface area contributed by atoms with Crippen molar-refractivity contribution in [2.24, 2.45) is 0 Å². The fraction of sp³-hybridized carbons (Fsp3) is 0.176. The van der Waals surface area contributed by atoms with Crippen LogP contribution in [0.3, 0.4) is 0 Å². The van der Waals surface area contributed by atoms with Gasteiger partial charge in [0, 0.05) is 28.3 Å². The van der Waals surface area contributed by atoms with E-state index in [4.69, 9.17) is 5.11 Å². The summed E-state index contributed by atoms with van der Waals surface area (Å²) >= 11 is 1.55. The molecule has 0 spiro atoms. The number of nitrogens with zero attached hydrogens (tertiary/aromatic N) is 3. The first kappa shape index (κ1) is 17.1. The van der Waals surface area contributed by atoms with E-state index < -0.39 is 0 Å². The van der Waals surface area contributed by atoms with Crippen molar-refractivity contribution in [2.75, 3.05) is 12.4 Å². The molecule has 8 heteroatoms. The molecule has 0 bridgehead atoms. The highest BCUT2D eigenvalue weighted by atomic mass is 32.2. The second kappa shape index (κ2) is 8.41. The average molecular weight is 355 g/mol. The molecular formula is C17H17N5O2S. The summed E-state index contributed by atoms with van der Waals surface area (Å²) in [5.74, 6) is 1.02. The van der Waals surface area contributed by atoms with Gasteiger partial charge in [0.25, 0.3) is 5.91 Å². The van der Waals surface area contributed by atoms with Crippen LogP contribution in [-0.2, 0) is 6.54 Å². The number of aromatic nitrogens is 4. The molecule has 1 aromatic heterocycles. The molecule has 0 saturated heterocycles. The van der Waals surface area contributed by atoms with Crippen LogP contribution in [0.15, 0.2) is 53.4 Å². The Morgan fingerprint density at radius 2 is 2.04 bits per heavy atom. The first-order chi connectivity index (χ1) is 12.3. The molecule has 0 saturated carbocycles. The monoisotopic (exact) mass is 355 g/mol. The maximum atomic E-state index is 12.3. The van der Waals surface area contributed by atoms with Gasteiger partial charge >= 0.3 is 0 Å². The van der Waals surface area contributed by atoms with Gasteiger partial charge in [-0.15, -0.1) is 22.0 Å². The number of H-pyrrole nitrogens is 1. The van der Waals surface area contributed by atoms with Crippen LogP contribution in [0.4, 0.5) is 0 Å². The lowest BCUT2D eigenvalue weighted by Crippen LogP contribution is -2.22. The maximum absolute atomic E-state index is 12.3. The topological polar surface area (TPSA) is 104 Å². The van der Waals surface area contributed by atoms with E-state index in [-0.39, 0.29) is 12.5 Å². The molecule has 0 radical (unpaired) electrons. The predicted molar refractivity (Wildman–Crippen MR) is 95.0 cm³/mol. The Balaban J connectivity index is 1.59. The van der Waals surface area contributed by atoms with Crippen molar-refractivity contribution in [1.29, 1.82) is 0 Å². The molecule has 7 nitrogen and oxygen atoms in total. The molecule has 0 atom stereocenters. The lowest BCUT2D eigenvalue weighted by atomic mass is 10.1. The molecular weight excluding hydrogens is 338 g/mol. The van der Waals surface area contributed by atoms with Gasteiger partial charge in [0.1, 0.15) is 0 Å². The Labute approximate surface area is 148 Å². The molecule has 3 N–H and O–H groups in total. The van der Waals surface area contributed by atoms with Crippen LogP contribution in [0.1, 0.15) is 15.9 Å². The van der Waals surface area contributed by atoms with Gasteiger partial charge in [0.05, 0.1) is 6.61 Å². The van der Waals surface area contributed by atoms with Crippen molar-refractivity contribution >= 4 is 17.7 Å². The SMILES string of the molecule is O=C(NCc1cccc(-c2nn[nH]n2)c1)c1ccc(SCCO)cc1. The van der Waals surface area contributed by atoms with Crippen molar-refractivity contribution in [3.05, 3.63) is 59.7 Å². The smallest absolute Gasteiger partial charge is 0.251 e. The third kappa shape index (κ3) is 4.65. The summed E-state index contributed by atoms with van der Waals surface area (Å²) in [4.78, 5) is 13.3. The van der Waals surface area contributed by atoms with Crippen LogP contribution in [-0.4, -0.2) is 44.0 Å². The second-order valence-electron chi connectivity index (χ2n) is 5.21. The zero-order valence-electron chi connectivity index (χ0n) is 13.3. The van der Waals surface area contributed by atoms with Gasteiger partial charge in [-0.3, -0.25) is 4.79 Å². The van der Waals surface area contributed by atoms with Gasteiger partial charge in [-0.1, -0.05) is 18.2 Å². The fourth-order valence-electron chi connectivity index (χ4n) is 2.25. The lowest BCUT2D eigenvalue weighted by Gasteiger charge is -2.07. The van der Waals surface area contributed by atoms with Gasteiger partial charge in [0.2, 0.25) is 5.82 Å². The number of hydrogen-bond donors (Lipinski definition) is 3. The highest BCUT2D eigenvalue weighted by molar-refractivity contribution is 7.99. The minimum absolute atomic E-state index is 0.135. The van der Waals surface area contributed by atoms with Crippen LogP contribution in [0.25, 0.3) is 11.4 Å². The summed E-state index contributed by atoms with van der Waals surface area (Å²) in [6.45, 7) is 0.543. The molecule has 1 heterocycles. The Morgan fingerprint density at radius 1 is 1.20 bits per heavy atom. The van der Waals surface area contributed by atoms with Crippen molar-refractivity contribution < 1.29 is 9.90 Å². The van der Waals surface area contributed by atoms with Crippen LogP contribution in [0.2, 0.25) is 0 Å². The van der Waals surface area contributed by atoms with E-state index in [1.807, 2.05) is 36.4 Å². The molecule has 2 aromatic carbocycles. The molecule has 1 amide bonds. The van der Waals surface area contributed by atoms with Gasteiger partial charge in [-0.2, -0.15) is 5.21 Å². The third-order valence-corrected chi connectivity index (χ3v) is 4.45. The van der Waals surface area contributed by atoms with Crippen molar-refractivity contribution in [2.45, 2.75) is 11.4 Å². The van der Waals surface area contributed by atoms with E-state index in [2.05, 4.69) is 25.9 Å². The number of nitrogens with one attached hydrogen (secondary N) is 2. The van der Waals surface area contributed by atoms with Crippen LogP contribution in [0.5, 0.6) is 0 Å². The Bertz CT molecular complexity index is 821. The molecule has 0 aliphatic rings. The first-order valence-corrected chi connectivity index (χ1v) is 8.69. The molecule has 3 rings (SSSR count). The first-order valence-electron chi connectivity index (χ1n) is 7.71. The largest absolute Gasteiger partial charge is 0.396 e. The minimum atomic E-state index is -0.135. The number of aliphatic hydroxyl groups excluding tert-OH is 1. The number of carbonyl (C=O) groups is 1. The van der Waals surface area contributed by atoms with Gasteiger partial charge in [-0.05, 0) is 41.1 Å². The van der Waals surface area contributed by atoms with Gasteiger partial charge < -0.3 is 10.4 Å². The molecule has 0 aliphatic heterocycles. The Kier molecular flexibility index (Phi) is 5.76. The summed E-state index contributed by atoms with van der Waals surface area (Å²) in [5, 5.41) is 25.6. The number of benzene rings is 2. The normalized spacial score (nSPS) is 10.6. The van der Waals surface area contributed by atoms with E-state index in [0.717, 1.165) is 16.0 Å². The number of amides is 1. The molecule has 0 aliphatic carbocycles. The highest BCUT2D eigenvalue weighted by Gasteiger charge is 2.07. The van der Waals surface area contributed by atoms with Gasteiger partial charge in [-0.25, -0.2) is 0 Å². The maximum Gasteiger partial charge on any atom is 0.251 e.